The summed E-state index contributed by atoms with van der Waals surface area (Å²) in [4.78, 5) is 22.7. The van der Waals surface area contributed by atoms with Gasteiger partial charge in [0, 0.05) is 28.9 Å². The number of carboxylic acids is 1. The minimum Gasteiger partial charge on any atom is -0.480 e. The summed E-state index contributed by atoms with van der Waals surface area (Å²) < 4.78 is 10.9. The number of urea groups is 1. The number of rotatable bonds is 8. The topological polar surface area (TPSA) is 95.5 Å². The van der Waals surface area contributed by atoms with Crippen molar-refractivity contribution in [3.63, 3.8) is 0 Å². The molecule has 0 aromatic heterocycles. The van der Waals surface area contributed by atoms with Gasteiger partial charge in [-0.15, -0.1) is 0 Å². The van der Waals surface area contributed by atoms with Crippen LogP contribution in [0.5, 0.6) is 0 Å². The molecular formula is C12H22N2O4S. The first-order valence-electron chi connectivity index (χ1n) is 6.48. The van der Waals surface area contributed by atoms with Crippen LogP contribution in [0.1, 0.15) is 32.6 Å². The standard InChI is InChI=1S/C12H22N2O4S/c1-8(5-6-19(2)18)13-12(17)14-10(11(15)16)7-9-3-4-9/h8-10H,3-7H2,1-2H3,(H,15,16)(H2,13,14,17). The first kappa shape index (κ1) is 15.9. The molecule has 1 rings (SSSR count). The van der Waals surface area contributed by atoms with Gasteiger partial charge in [-0.3, -0.25) is 4.21 Å². The maximum atomic E-state index is 11.7. The molecule has 110 valence electrons. The summed E-state index contributed by atoms with van der Waals surface area (Å²) in [7, 11) is -0.884. The minimum absolute atomic E-state index is 0.126. The van der Waals surface area contributed by atoms with E-state index in [-0.39, 0.29) is 6.04 Å². The summed E-state index contributed by atoms with van der Waals surface area (Å²) in [5.41, 5.74) is 0. The van der Waals surface area contributed by atoms with Crippen LogP contribution in [0.3, 0.4) is 0 Å². The van der Waals surface area contributed by atoms with Crippen LogP contribution in [0.25, 0.3) is 0 Å². The predicted octanol–water partition coefficient (Wildman–Crippen LogP) is 0.696. The quantitative estimate of drug-likeness (QED) is 0.613. The van der Waals surface area contributed by atoms with E-state index in [0.717, 1.165) is 12.8 Å². The molecule has 3 unspecified atom stereocenters. The fourth-order valence-corrected chi connectivity index (χ4v) is 2.43. The molecular weight excluding hydrogens is 268 g/mol. The highest BCUT2D eigenvalue weighted by atomic mass is 32.2. The summed E-state index contributed by atoms with van der Waals surface area (Å²) in [5.74, 6) is -0.0444. The normalized spacial score (nSPS) is 19.3. The van der Waals surface area contributed by atoms with Crippen molar-refractivity contribution in [2.75, 3.05) is 12.0 Å². The Morgan fingerprint density at radius 1 is 1.37 bits per heavy atom. The van der Waals surface area contributed by atoms with Gasteiger partial charge >= 0.3 is 12.0 Å². The summed E-state index contributed by atoms with van der Waals surface area (Å²) >= 11 is 0. The van der Waals surface area contributed by atoms with Crippen molar-refractivity contribution in [3.8, 4) is 0 Å². The van der Waals surface area contributed by atoms with Crippen LogP contribution in [0.15, 0.2) is 0 Å². The average Bonchev–Trinajstić information content (AvgIpc) is 3.09. The predicted molar refractivity (Wildman–Crippen MR) is 73.4 cm³/mol. The van der Waals surface area contributed by atoms with Gasteiger partial charge in [0.15, 0.2) is 0 Å². The Bertz CT molecular complexity index is 358. The van der Waals surface area contributed by atoms with Gasteiger partial charge in [-0.05, 0) is 25.7 Å². The summed E-state index contributed by atoms with van der Waals surface area (Å²) in [6, 6.07) is -1.42. The van der Waals surface area contributed by atoms with Gasteiger partial charge < -0.3 is 15.7 Å². The van der Waals surface area contributed by atoms with E-state index >= 15 is 0 Å². The van der Waals surface area contributed by atoms with Crippen molar-refractivity contribution in [2.24, 2.45) is 5.92 Å². The Kier molecular flexibility index (Phi) is 6.27. The zero-order chi connectivity index (χ0) is 14.4. The number of carboxylic acid groups (broad SMARTS) is 1. The second-order valence-corrected chi connectivity index (χ2v) is 6.71. The van der Waals surface area contributed by atoms with Gasteiger partial charge in [0.25, 0.3) is 0 Å². The molecule has 0 aromatic rings. The Hall–Kier alpha value is -1.11. The van der Waals surface area contributed by atoms with Gasteiger partial charge in [-0.1, -0.05) is 12.8 Å². The minimum atomic E-state index is -0.996. The lowest BCUT2D eigenvalue weighted by molar-refractivity contribution is -0.139. The first-order valence-corrected chi connectivity index (χ1v) is 8.21. The summed E-state index contributed by atoms with van der Waals surface area (Å²) in [6.45, 7) is 1.81. The third-order valence-corrected chi connectivity index (χ3v) is 3.90. The van der Waals surface area contributed by atoms with Crippen molar-refractivity contribution in [1.29, 1.82) is 0 Å². The van der Waals surface area contributed by atoms with Crippen LogP contribution in [0.2, 0.25) is 0 Å². The fourth-order valence-electron chi connectivity index (χ4n) is 1.75. The molecule has 0 spiro atoms. The van der Waals surface area contributed by atoms with E-state index in [2.05, 4.69) is 10.6 Å². The number of aliphatic carboxylic acids is 1. The van der Waals surface area contributed by atoms with Crippen LogP contribution < -0.4 is 10.6 Å². The van der Waals surface area contributed by atoms with Gasteiger partial charge in [0.1, 0.15) is 6.04 Å². The average molecular weight is 290 g/mol. The molecule has 2 amide bonds. The molecule has 1 aliphatic carbocycles. The van der Waals surface area contributed by atoms with Crippen molar-refractivity contribution in [1.82, 2.24) is 10.6 Å². The van der Waals surface area contributed by atoms with Crippen molar-refractivity contribution >= 4 is 22.8 Å². The molecule has 0 saturated heterocycles. The highest BCUT2D eigenvalue weighted by Gasteiger charge is 2.30. The maximum Gasteiger partial charge on any atom is 0.326 e. The zero-order valence-corrected chi connectivity index (χ0v) is 12.2. The van der Waals surface area contributed by atoms with E-state index in [1.165, 1.54) is 0 Å². The van der Waals surface area contributed by atoms with E-state index in [0.29, 0.717) is 24.5 Å². The monoisotopic (exact) mass is 290 g/mol. The van der Waals surface area contributed by atoms with E-state index in [1.54, 1.807) is 6.26 Å². The Morgan fingerprint density at radius 2 is 2.00 bits per heavy atom. The third kappa shape index (κ3) is 7.15. The number of carbonyl (C=O) groups is 2. The maximum absolute atomic E-state index is 11.7. The molecule has 0 radical (unpaired) electrons. The van der Waals surface area contributed by atoms with Gasteiger partial charge in [-0.25, -0.2) is 9.59 Å². The van der Waals surface area contributed by atoms with E-state index in [4.69, 9.17) is 5.11 Å². The van der Waals surface area contributed by atoms with Crippen LogP contribution in [0.4, 0.5) is 4.79 Å². The van der Waals surface area contributed by atoms with Crippen molar-refractivity contribution < 1.29 is 18.9 Å². The smallest absolute Gasteiger partial charge is 0.326 e. The molecule has 0 heterocycles. The Labute approximate surface area is 115 Å². The van der Waals surface area contributed by atoms with Crippen LogP contribution >= 0.6 is 0 Å². The van der Waals surface area contributed by atoms with Crippen LogP contribution in [-0.2, 0) is 15.6 Å². The second-order valence-electron chi connectivity index (χ2n) is 5.15. The van der Waals surface area contributed by atoms with Crippen LogP contribution in [0, 0.1) is 5.92 Å². The number of hydrogen-bond donors (Lipinski definition) is 3. The van der Waals surface area contributed by atoms with Crippen molar-refractivity contribution in [2.45, 2.75) is 44.7 Å². The highest BCUT2D eigenvalue weighted by Crippen LogP contribution is 2.33. The molecule has 3 N–H and O–H groups in total. The first-order chi connectivity index (χ1) is 8.88. The Balaban J connectivity index is 2.30. The van der Waals surface area contributed by atoms with Gasteiger partial charge in [0.2, 0.25) is 0 Å². The number of nitrogens with one attached hydrogen (secondary N) is 2. The van der Waals surface area contributed by atoms with E-state index in [9.17, 15) is 13.8 Å². The molecule has 6 nitrogen and oxygen atoms in total. The van der Waals surface area contributed by atoms with E-state index < -0.39 is 28.8 Å². The molecule has 1 saturated carbocycles. The third-order valence-electron chi connectivity index (χ3n) is 3.09. The Morgan fingerprint density at radius 3 is 2.47 bits per heavy atom. The van der Waals surface area contributed by atoms with Gasteiger partial charge in [0.05, 0.1) is 0 Å². The SMILES string of the molecule is CC(CCS(C)=O)NC(=O)NC(CC1CC1)C(=O)O. The lowest BCUT2D eigenvalue weighted by Crippen LogP contribution is -2.48. The molecule has 7 heteroatoms. The molecule has 1 aliphatic rings. The fraction of sp³-hybridized carbons (Fsp3) is 0.833. The highest BCUT2D eigenvalue weighted by molar-refractivity contribution is 7.84. The molecule has 3 atom stereocenters. The summed E-state index contributed by atoms with van der Waals surface area (Å²) in [5, 5.41) is 14.2. The molecule has 19 heavy (non-hydrogen) atoms. The molecule has 0 bridgehead atoms. The number of amides is 2. The van der Waals surface area contributed by atoms with Crippen LogP contribution in [-0.4, -0.2) is 45.4 Å². The molecule has 0 aromatic carbocycles. The second kappa shape index (κ2) is 7.47. The lowest BCUT2D eigenvalue weighted by atomic mass is 10.1. The van der Waals surface area contributed by atoms with Crippen molar-refractivity contribution in [3.05, 3.63) is 0 Å². The van der Waals surface area contributed by atoms with Gasteiger partial charge in [-0.2, -0.15) is 0 Å². The number of hydrogen-bond acceptors (Lipinski definition) is 3. The molecule has 1 fully saturated rings. The largest absolute Gasteiger partial charge is 0.480 e. The lowest BCUT2D eigenvalue weighted by Gasteiger charge is -2.18. The molecule has 0 aliphatic heterocycles. The zero-order valence-electron chi connectivity index (χ0n) is 11.3. The number of carbonyl (C=O) groups excluding carboxylic acids is 1. The summed E-state index contributed by atoms with van der Waals surface area (Å²) in [6.07, 6.45) is 4.81. The van der Waals surface area contributed by atoms with E-state index in [1.807, 2.05) is 6.92 Å².